The number of sulfone groups is 1. The monoisotopic (exact) mass is 395 g/mol. The van der Waals surface area contributed by atoms with E-state index in [4.69, 9.17) is 16.3 Å². The standard InChI is InChI=1S/C18H12ClF2NO3S/c19-15-2-1-9-22-18(15)26(23,24)14-6-3-12(4-7-14)11-25-17-8-5-13(20)10-16(17)21/h1-10H,11H2. The Hall–Kier alpha value is -2.51. The fourth-order valence-corrected chi connectivity index (χ4v) is 3.87. The second kappa shape index (κ2) is 7.39. The number of aromatic nitrogens is 1. The Morgan fingerprint density at radius 1 is 1.04 bits per heavy atom. The van der Waals surface area contributed by atoms with Crippen LogP contribution in [0, 0.1) is 11.6 Å². The predicted octanol–water partition coefficient (Wildman–Crippen LogP) is 4.43. The van der Waals surface area contributed by atoms with Crippen molar-refractivity contribution >= 4 is 21.4 Å². The lowest BCUT2D eigenvalue weighted by Crippen LogP contribution is -2.05. The highest BCUT2D eigenvalue weighted by atomic mass is 35.5. The minimum Gasteiger partial charge on any atom is -0.486 e. The van der Waals surface area contributed by atoms with Crippen molar-refractivity contribution in [3.63, 3.8) is 0 Å². The molecule has 3 aromatic rings. The third kappa shape index (κ3) is 3.84. The van der Waals surface area contributed by atoms with Crippen LogP contribution in [-0.2, 0) is 16.4 Å². The fraction of sp³-hybridized carbons (Fsp3) is 0.0556. The van der Waals surface area contributed by atoms with Gasteiger partial charge in [0.1, 0.15) is 12.4 Å². The van der Waals surface area contributed by atoms with Crippen LogP contribution in [-0.4, -0.2) is 13.4 Å². The number of hydrogen-bond acceptors (Lipinski definition) is 4. The Morgan fingerprint density at radius 2 is 1.77 bits per heavy atom. The Kier molecular flexibility index (Phi) is 5.20. The third-order valence-corrected chi connectivity index (χ3v) is 5.65. The summed E-state index contributed by atoms with van der Waals surface area (Å²) < 4.78 is 56.8. The third-order valence-electron chi connectivity index (χ3n) is 3.50. The Balaban J connectivity index is 1.77. The summed E-state index contributed by atoms with van der Waals surface area (Å²) in [5.41, 5.74) is 0.611. The average Bonchev–Trinajstić information content (AvgIpc) is 2.61. The molecular formula is C18H12ClF2NO3S. The molecule has 2 aromatic carbocycles. The van der Waals surface area contributed by atoms with Crippen molar-refractivity contribution in [1.29, 1.82) is 0 Å². The van der Waals surface area contributed by atoms with Gasteiger partial charge in [-0.25, -0.2) is 22.2 Å². The van der Waals surface area contributed by atoms with Crippen LogP contribution < -0.4 is 4.74 Å². The van der Waals surface area contributed by atoms with Crippen molar-refractivity contribution in [1.82, 2.24) is 4.98 Å². The van der Waals surface area contributed by atoms with E-state index >= 15 is 0 Å². The molecule has 4 nitrogen and oxygen atoms in total. The van der Waals surface area contributed by atoms with Gasteiger partial charge < -0.3 is 4.74 Å². The Labute approximate surface area is 154 Å². The van der Waals surface area contributed by atoms with Crippen molar-refractivity contribution in [2.75, 3.05) is 0 Å². The van der Waals surface area contributed by atoms with E-state index in [1.807, 2.05) is 0 Å². The van der Waals surface area contributed by atoms with Crippen molar-refractivity contribution in [2.24, 2.45) is 0 Å². The summed E-state index contributed by atoms with van der Waals surface area (Å²) in [5.74, 6) is -1.60. The summed E-state index contributed by atoms with van der Waals surface area (Å²) in [6.45, 7) is -0.00672. The molecule has 0 radical (unpaired) electrons. The van der Waals surface area contributed by atoms with E-state index in [0.717, 1.165) is 12.1 Å². The minimum atomic E-state index is -3.85. The first-order valence-electron chi connectivity index (χ1n) is 7.40. The van der Waals surface area contributed by atoms with E-state index in [1.54, 1.807) is 0 Å². The molecule has 1 heterocycles. The molecule has 8 heteroatoms. The molecule has 3 rings (SSSR count). The average molecular weight is 396 g/mol. The SMILES string of the molecule is O=S(=O)(c1ccc(COc2ccc(F)cc2F)cc1)c1ncccc1Cl. The van der Waals surface area contributed by atoms with Crippen LogP contribution in [0.3, 0.4) is 0 Å². The molecule has 0 saturated carbocycles. The number of hydrogen-bond donors (Lipinski definition) is 0. The highest BCUT2D eigenvalue weighted by molar-refractivity contribution is 7.91. The van der Waals surface area contributed by atoms with Gasteiger partial charge >= 0.3 is 0 Å². The fourth-order valence-electron chi connectivity index (χ4n) is 2.20. The zero-order chi connectivity index (χ0) is 18.7. The molecule has 0 amide bonds. The topological polar surface area (TPSA) is 56.3 Å². The van der Waals surface area contributed by atoms with E-state index < -0.39 is 21.5 Å². The number of nitrogens with zero attached hydrogens (tertiary/aromatic N) is 1. The molecule has 0 fully saturated rings. The lowest BCUT2D eigenvalue weighted by atomic mass is 10.2. The molecule has 0 aliphatic carbocycles. The van der Waals surface area contributed by atoms with E-state index in [-0.39, 0.29) is 27.3 Å². The second-order valence-corrected chi connectivity index (χ2v) is 7.57. The molecule has 0 unspecified atom stereocenters. The summed E-state index contributed by atoms with van der Waals surface area (Å²) in [5, 5.41) is -0.189. The maximum atomic E-state index is 13.5. The van der Waals surface area contributed by atoms with E-state index in [1.165, 1.54) is 48.7 Å². The van der Waals surface area contributed by atoms with Gasteiger partial charge in [-0.15, -0.1) is 0 Å². The Bertz CT molecular complexity index is 1040. The van der Waals surface area contributed by atoms with E-state index in [0.29, 0.717) is 5.56 Å². The molecule has 134 valence electrons. The number of rotatable bonds is 5. The first-order chi connectivity index (χ1) is 12.4. The number of pyridine rings is 1. The lowest BCUT2D eigenvalue weighted by molar-refractivity contribution is 0.289. The highest BCUT2D eigenvalue weighted by Crippen LogP contribution is 2.26. The van der Waals surface area contributed by atoms with Crippen LogP contribution in [0.2, 0.25) is 5.02 Å². The van der Waals surface area contributed by atoms with E-state index in [9.17, 15) is 17.2 Å². The zero-order valence-electron chi connectivity index (χ0n) is 13.2. The van der Waals surface area contributed by atoms with Gasteiger partial charge in [0, 0.05) is 12.3 Å². The van der Waals surface area contributed by atoms with Crippen LogP contribution in [0.4, 0.5) is 8.78 Å². The smallest absolute Gasteiger partial charge is 0.225 e. The highest BCUT2D eigenvalue weighted by Gasteiger charge is 2.22. The van der Waals surface area contributed by atoms with E-state index in [2.05, 4.69) is 4.98 Å². The molecule has 1 aromatic heterocycles. The van der Waals surface area contributed by atoms with Gasteiger partial charge in [0.15, 0.2) is 16.6 Å². The number of benzene rings is 2. The van der Waals surface area contributed by atoms with Crippen molar-refractivity contribution in [2.45, 2.75) is 16.5 Å². The van der Waals surface area contributed by atoms with Gasteiger partial charge in [0.25, 0.3) is 0 Å². The molecular weight excluding hydrogens is 384 g/mol. The number of ether oxygens (including phenoxy) is 1. The van der Waals surface area contributed by atoms with Crippen molar-refractivity contribution < 1.29 is 21.9 Å². The van der Waals surface area contributed by atoms with Gasteiger partial charge in [-0.05, 0) is 42.0 Å². The molecule has 0 aliphatic rings. The number of halogens is 3. The molecule has 0 N–H and O–H groups in total. The van der Waals surface area contributed by atoms with Crippen LogP contribution in [0.25, 0.3) is 0 Å². The normalized spacial score (nSPS) is 11.3. The van der Waals surface area contributed by atoms with Crippen LogP contribution in [0.5, 0.6) is 5.75 Å². The quantitative estimate of drug-likeness (QED) is 0.641. The van der Waals surface area contributed by atoms with Gasteiger partial charge in [-0.2, -0.15) is 0 Å². The maximum Gasteiger partial charge on any atom is 0.225 e. The summed E-state index contributed by atoms with van der Waals surface area (Å²) in [6.07, 6.45) is 1.35. The maximum absolute atomic E-state index is 13.5. The molecule has 0 aliphatic heterocycles. The molecule has 26 heavy (non-hydrogen) atoms. The largest absolute Gasteiger partial charge is 0.486 e. The zero-order valence-corrected chi connectivity index (χ0v) is 14.8. The van der Waals surface area contributed by atoms with Gasteiger partial charge in [0.2, 0.25) is 9.84 Å². The molecule has 0 spiro atoms. The molecule has 0 bridgehead atoms. The first kappa shape index (κ1) is 18.3. The summed E-state index contributed by atoms with van der Waals surface area (Å²) >= 11 is 5.91. The lowest BCUT2D eigenvalue weighted by Gasteiger charge is -2.09. The minimum absolute atomic E-state index is 0.00672. The van der Waals surface area contributed by atoms with Gasteiger partial charge in [-0.3, -0.25) is 0 Å². The van der Waals surface area contributed by atoms with Gasteiger partial charge in [-0.1, -0.05) is 23.7 Å². The molecule has 0 atom stereocenters. The second-order valence-electron chi connectivity index (χ2n) is 5.30. The van der Waals surface area contributed by atoms with Crippen LogP contribution in [0.15, 0.2) is 70.7 Å². The summed E-state index contributed by atoms with van der Waals surface area (Å²) in [6, 6.07) is 11.8. The van der Waals surface area contributed by atoms with Gasteiger partial charge in [0.05, 0.1) is 9.92 Å². The van der Waals surface area contributed by atoms with Crippen molar-refractivity contribution in [3.8, 4) is 5.75 Å². The van der Waals surface area contributed by atoms with Crippen molar-refractivity contribution in [3.05, 3.63) is 83.0 Å². The Morgan fingerprint density at radius 3 is 2.42 bits per heavy atom. The van der Waals surface area contributed by atoms with Crippen LogP contribution in [0.1, 0.15) is 5.56 Å². The predicted molar refractivity (Wildman–Crippen MR) is 91.8 cm³/mol. The van der Waals surface area contributed by atoms with Crippen LogP contribution >= 0.6 is 11.6 Å². The summed E-state index contributed by atoms with van der Waals surface area (Å²) in [4.78, 5) is 3.85. The summed E-state index contributed by atoms with van der Waals surface area (Å²) in [7, 11) is -3.85. The first-order valence-corrected chi connectivity index (χ1v) is 9.26. The molecule has 0 saturated heterocycles.